The molecule has 0 aliphatic rings. The van der Waals surface area contributed by atoms with Gasteiger partial charge in [-0.1, -0.05) is 19.1 Å². The molecule has 1 N–H and O–H groups in total. The standard InChI is InChI=1S/C19H20FN3O/c1-3-12-21-13(2)18-22-17-7-5-4-6-16(17)19(24)23(18)15-10-8-14(20)9-11-15/h4-11,13,21H,3,12H2,1-2H3. The van der Waals surface area contributed by atoms with Crippen molar-refractivity contribution < 1.29 is 4.39 Å². The van der Waals surface area contributed by atoms with E-state index in [1.807, 2.05) is 25.1 Å². The number of benzene rings is 2. The van der Waals surface area contributed by atoms with Crippen molar-refractivity contribution >= 4 is 10.9 Å². The first kappa shape index (κ1) is 16.3. The van der Waals surface area contributed by atoms with Crippen LogP contribution in [-0.4, -0.2) is 16.1 Å². The van der Waals surface area contributed by atoms with E-state index in [1.165, 1.54) is 12.1 Å². The van der Waals surface area contributed by atoms with Gasteiger partial charge in [0.1, 0.15) is 11.6 Å². The van der Waals surface area contributed by atoms with Crippen LogP contribution in [0.25, 0.3) is 16.6 Å². The smallest absolute Gasteiger partial charge is 0.266 e. The molecule has 1 unspecified atom stereocenters. The predicted molar refractivity (Wildman–Crippen MR) is 94.0 cm³/mol. The van der Waals surface area contributed by atoms with E-state index < -0.39 is 0 Å². The summed E-state index contributed by atoms with van der Waals surface area (Å²) in [5.74, 6) is 0.290. The zero-order chi connectivity index (χ0) is 17.1. The van der Waals surface area contributed by atoms with E-state index in [1.54, 1.807) is 22.8 Å². The topological polar surface area (TPSA) is 46.9 Å². The minimum atomic E-state index is -0.334. The predicted octanol–water partition coefficient (Wildman–Crippen LogP) is 3.59. The fraction of sp³-hybridized carbons (Fsp3) is 0.263. The fourth-order valence-corrected chi connectivity index (χ4v) is 2.73. The van der Waals surface area contributed by atoms with Gasteiger partial charge >= 0.3 is 0 Å². The summed E-state index contributed by atoms with van der Waals surface area (Å²) in [6.07, 6.45) is 0.985. The van der Waals surface area contributed by atoms with Gasteiger partial charge in [-0.2, -0.15) is 0 Å². The first-order valence-electron chi connectivity index (χ1n) is 8.13. The Balaban J connectivity index is 2.25. The van der Waals surface area contributed by atoms with Crippen LogP contribution in [0.1, 0.15) is 32.1 Å². The third kappa shape index (κ3) is 3.08. The van der Waals surface area contributed by atoms with Gasteiger partial charge in [0, 0.05) is 0 Å². The summed E-state index contributed by atoms with van der Waals surface area (Å²) in [6, 6.07) is 13.1. The molecule has 124 valence electrons. The van der Waals surface area contributed by atoms with E-state index in [4.69, 9.17) is 4.98 Å². The molecule has 0 radical (unpaired) electrons. The minimum absolute atomic E-state index is 0.104. The van der Waals surface area contributed by atoms with Crippen LogP contribution in [0, 0.1) is 5.82 Å². The maximum absolute atomic E-state index is 13.3. The summed E-state index contributed by atoms with van der Waals surface area (Å²) >= 11 is 0. The minimum Gasteiger partial charge on any atom is -0.308 e. The second kappa shape index (κ2) is 6.93. The summed E-state index contributed by atoms with van der Waals surface area (Å²) in [5, 5.41) is 3.92. The highest BCUT2D eigenvalue weighted by atomic mass is 19.1. The number of hydrogen-bond acceptors (Lipinski definition) is 3. The van der Waals surface area contributed by atoms with E-state index in [0.29, 0.717) is 22.4 Å². The van der Waals surface area contributed by atoms with Crippen molar-refractivity contribution in [1.82, 2.24) is 14.9 Å². The average molecular weight is 325 g/mol. The van der Waals surface area contributed by atoms with E-state index in [2.05, 4.69) is 12.2 Å². The molecular formula is C19H20FN3O. The van der Waals surface area contributed by atoms with Gasteiger partial charge in [-0.25, -0.2) is 9.37 Å². The van der Waals surface area contributed by atoms with Gasteiger partial charge in [0.05, 0.1) is 22.6 Å². The number of rotatable bonds is 5. The van der Waals surface area contributed by atoms with Gasteiger partial charge in [0.25, 0.3) is 5.56 Å². The maximum atomic E-state index is 13.3. The molecule has 24 heavy (non-hydrogen) atoms. The molecule has 2 aromatic carbocycles. The molecule has 0 spiro atoms. The van der Waals surface area contributed by atoms with Crippen molar-refractivity contribution in [3.05, 3.63) is 70.5 Å². The molecular weight excluding hydrogens is 305 g/mol. The van der Waals surface area contributed by atoms with Crippen molar-refractivity contribution in [2.75, 3.05) is 6.54 Å². The van der Waals surface area contributed by atoms with Crippen LogP contribution in [0.3, 0.4) is 0 Å². The van der Waals surface area contributed by atoms with E-state index in [0.717, 1.165) is 13.0 Å². The summed E-state index contributed by atoms with van der Waals surface area (Å²) in [4.78, 5) is 17.7. The lowest BCUT2D eigenvalue weighted by atomic mass is 10.2. The van der Waals surface area contributed by atoms with Gasteiger partial charge < -0.3 is 5.32 Å². The van der Waals surface area contributed by atoms with Crippen molar-refractivity contribution in [2.45, 2.75) is 26.3 Å². The molecule has 1 aromatic heterocycles. The van der Waals surface area contributed by atoms with Gasteiger partial charge in [-0.05, 0) is 56.3 Å². The van der Waals surface area contributed by atoms with E-state index >= 15 is 0 Å². The zero-order valence-corrected chi connectivity index (χ0v) is 13.8. The van der Waals surface area contributed by atoms with Crippen LogP contribution in [0.5, 0.6) is 0 Å². The van der Waals surface area contributed by atoms with Crippen LogP contribution in [0.2, 0.25) is 0 Å². The molecule has 5 heteroatoms. The van der Waals surface area contributed by atoms with Gasteiger partial charge in [-0.15, -0.1) is 0 Å². The number of nitrogens with one attached hydrogen (secondary N) is 1. The van der Waals surface area contributed by atoms with Crippen LogP contribution in [0.15, 0.2) is 53.3 Å². The van der Waals surface area contributed by atoms with E-state index in [9.17, 15) is 9.18 Å². The second-order valence-electron chi connectivity index (χ2n) is 5.78. The summed E-state index contributed by atoms with van der Waals surface area (Å²) in [7, 11) is 0. The molecule has 0 aliphatic heterocycles. The highest BCUT2D eigenvalue weighted by molar-refractivity contribution is 5.77. The molecule has 0 fully saturated rings. The Morgan fingerprint density at radius 3 is 2.58 bits per heavy atom. The Morgan fingerprint density at radius 2 is 1.88 bits per heavy atom. The van der Waals surface area contributed by atoms with Gasteiger partial charge in [-0.3, -0.25) is 9.36 Å². The number of hydrogen-bond donors (Lipinski definition) is 1. The summed E-state index contributed by atoms with van der Waals surface area (Å²) < 4.78 is 14.8. The van der Waals surface area contributed by atoms with Crippen molar-refractivity contribution in [3.63, 3.8) is 0 Å². The van der Waals surface area contributed by atoms with Gasteiger partial charge in [0.15, 0.2) is 0 Å². The largest absolute Gasteiger partial charge is 0.308 e. The Kier molecular flexibility index (Phi) is 4.71. The van der Waals surface area contributed by atoms with Crippen LogP contribution in [0.4, 0.5) is 4.39 Å². The summed E-state index contributed by atoms with van der Waals surface area (Å²) in [6.45, 7) is 4.89. The normalized spacial score (nSPS) is 12.5. The highest BCUT2D eigenvalue weighted by Gasteiger charge is 2.17. The zero-order valence-electron chi connectivity index (χ0n) is 13.8. The molecule has 4 nitrogen and oxygen atoms in total. The van der Waals surface area contributed by atoms with Crippen LogP contribution < -0.4 is 10.9 Å². The lowest BCUT2D eigenvalue weighted by Gasteiger charge is -2.19. The molecule has 0 aliphatic carbocycles. The maximum Gasteiger partial charge on any atom is 0.266 e. The Bertz CT molecular complexity index is 903. The number of halogens is 1. The monoisotopic (exact) mass is 325 g/mol. The Morgan fingerprint density at radius 1 is 1.17 bits per heavy atom. The first-order valence-corrected chi connectivity index (χ1v) is 8.13. The summed E-state index contributed by atoms with van der Waals surface area (Å²) in [5.41, 5.74) is 1.13. The third-order valence-electron chi connectivity index (χ3n) is 3.97. The average Bonchev–Trinajstić information content (AvgIpc) is 2.60. The van der Waals surface area contributed by atoms with Crippen LogP contribution >= 0.6 is 0 Å². The van der Waals surface area contributed by atoms with Crippen molar-refractivity contribution in [1.29, 1.82) is 0 Å². The highest BCUT2D eigenvalue weighted by Crippen LogP contribution is 2.18. The molecule has 1 atom stereocenters. The quantitative estimate of drug-likeness (QED) is 0.780. The number of fused-ring (bicyclic) bond motifs is 1. The van der Waals surface area contributed by atoms with Crippen LogP contribution in [-0.2, 0) is 0 Å². The molecule has 0 amide bonds. The van der Waals surface area contributed by atoms with Gasteiger partial charge in [0.2, 0.25) is 0 Å². The second-order valence-corrected chi connectivity index (χ2v) is 5.78. The molecule has 0 saturated heterocycles. The Hall–Kier alpha value is -2.53. The molecule has 0 saturated carbocycles. The lowest BCUT2D eigenvalue weighted by Crippen LogP contribution is -2.30. The SMILES string of the molecule is CCCNC(C)c1nc2ccccc2c(=O)n1-c1ccc(F)cc1. The number of aromatic nitrogens is 2. The third-order valence-corrected chi connectivity index (χ3v) is 3.97. The van der Waals surface area contributed by atoms with Crippen molar-refractivity contribution in [2.24, 2.45) is 0 Å². The molecule has 3 rings (SSSR count). The lowest BCUT2D eigenvalue weighted by molar-refractivity contribution is 0.531. The molecule has 1 heterocycles. The Labute approximate surface area is 140 Å². The fourth-order valence-electron chi connectivity index (χ4n) is 2.73. The number of nitrogens with zero attached hydrogens (tertiary/aromatic N) is 2. The molecule has 3 aromatic rings. The van der Waals surface area contributed by atoms with E-state index in [-0.39, 0.29) is 17.4 Å². The number of para-hydroxylation sites is 1. The van der Waals surface area contributed by atoms with Crippen molar-refractivity contribution in [3.8, 4) is 5.69 Å². The molecule has 0 bridgehead atoms. The first-order chi connectivity index (χ1) is 11.6.